The smallest absolute Gasteiger partial charge is 0.250 e. The van der Waals surface area contributed by atoms with Gasteiger partial charge in [0, 0.05) is 21.8 Å². The van der Waals surface area contributed by atoms with Gasteiger partial charge >= 0.3 is 0 Å². The molecule has 0 aliphatic heterocycles. The van der Waals surface area contributed by atoms with Crippen molar-refractivity contribution >= 4 is 35.5 Å². The van der Waals surface area contributed by atoms with Gasteiger partial charge in [-0.1, -0.05) is 53.2 Å². The van der Waals surface area contributed by atoms with Crippen molar-refractivity contribution in [3.05, 3.63) is 88.9 Å². The Morgan fingerprint density at radius 1 is 1.09 bits per heavy atom. The number of nitrogens with zero attached hydrogens (tertiary/aromatic N) is 4. The number of hydrogen-bond acceptors (Lipinski definition) is 6. The van der Waals surface area contributed by atoms with E-state index in [1.165, 1.54) is 11.8 Å². The van der Waals surface area contributed by atoms with E-state index in [4.69, 9.17) is 16.3 Å². The summed E-state index contributed by atoms with van der Waals surface area (Å²) in [4.78, 5) is 12.4. The molecule has 0 atom stereocenters. The number of thioether (sulfide) groups is 1. The van der Waals surface area contributed by atoms with E-state index in [-0.39, 0.29) is 11.7 Å². The lowest BCUT2D eigenvalue weighted by molar-refractivity contribution is -0.118. The molecule has 1 heterocycles. The first-order chi connectivity index (χ1) is 16.5. The van der Waals surface area contributed by atoms with Crippen molar-refractivity contribution in [2.45, 2.75) is 12.1 Å². The van der Waals surface area contributed by atoms with Gasteiger partial charge < -0.3 is 4.74 Å². The maximum atomic E-state index is 12.4. The zero-order valence-corrected chi connectivity index (χ0v) is 20.2. The normalized spacial score (nSPS) is 11.0. The number of hydrogen-bond donors (Lipinski definition) is 1. The van der Waals surface area contributed by atoms with Gasteiger partial charge in [0.05, 0.1) is 19.1 Å². The van der Waals surface area contributed by atoms with Gasteiger partial charge in [-0.3, -0.25) is 9.36 Å². The molecule has 7 nitrogen and oxygen atoms in total. The van der Waals surface area contributed by atoms with Crippen LogP contribution in [0.3, 0.4) is 0 Å². The van der Waals surface area contributed by atoms with E-state index in [0.717, 1.165) is 22.4 Å². The van der Waals surface area contributed by atoms with Gasteiger partial charge in [-0.05, 0) is 55.5 Å². The molecule has 0 unspecified atom stereocenters. The van der Waals surface area contributed by atoms with Gasteiger partial charge in [0.15, 0.2) is 11.0 Å². The zero-order chi connectivity index (χ0) is 23.9. The van der Waals surface area contributed by atoms with Crippen molar-refractivity contribution in [2.75, 3.05) is 12.9 Å². The van der Waals surface area contributed by atoms with Gasteiger partial charge in [-0.2, -0.15) is 5.10 Å². The minimum Gasteiger partial charge on any atom is -0.496 e. The van der Waals surface area contributed by atoms with E-state index in [1.54, 1.807) is 13.3 Å². The van der Waals surface area contributed by atoms with Gasteiger partial charge in [0.2, 0.25) is 0 Å². The lowest BCUT2D eigenvalue weighted by atomic mass is 10.2. The summed E-state index contributed by atoms with van der Waals surface area (Å²) < 4.78 is 7.21. The van der Waals surface area contributed by atoms with Crippen molar-refractivity contribution in [3.63, 3.8) is 0 Å². The number of hydrazone groups is 1. The van der Waals surface area contributed by atoms with E-state index >= 15 is 0 Å². The number of aromatic nitrogens is 3. The number of methoxy groups -OCH3 is 1. The molecule has 172 valence electrons. The van der Waals surface area contributed by atoms with Crippen LogP contribution in [0, 0.1) is 6.92 Å². The molecule has 1 aromatic heterocycles. The van der Waals surface area contributed by atoms with E-state index in [2.05, 4.69) is 20.7 Å². The van der Waals surface area contributed by atoms with Crippen LogP contribution < -0.4 is 10.2 Å². The summed E-state index contributed by atoms with van der Waals surface area (Å²) >= 11 is 7.33. The highest BCUT2D eigenvalue weighted by Gasteiger charge is 2.17. The van der Waals surface area contributed by atoms with Crippen molar-refractivity contribution in [1.82, 2.24) is 20.2 Å². The minimum absolute atomic E-state index is 0.119. The van der Waals surface area contributed by atoms with Crippen LogP contribution in [-0.2, 0) is 4.79 Å². The lowest BCUT2D eigenvalue weighted by Crippen LogP contribution is -2.20. The molecule has 4 aromatic rings. The Balaban J connectivity index is 1.51. The largest absolute Gasteiger partial charge is 0.496 e. The maximum absolute atomic E-state index is 12.4. The lowest BCUT2D eigenvalue weighted by Gasteiger charge is -2.10. The van der Waals surface area contributed by atoms with Gasteiger partial charge in [-0.25, -0.2) is 5.43 Å². The summed E-state index contributed by atoms with van der Waals surface area (Å²) in [6.07, 6.45) is 1.55. The second-order valence-corrected chi connectivity index (χ2v) is 8.69. The van der Waals surface area contributed by atoms with Crippen LogP contribution in [0.5, 0.6) is 5.75 Å². The molecule has 0 saturated carbocycles. The molecule has 0 radical (unpaired) electrons. The van der Waals surface area contributed by atoms with Crippen molar-refractivity contribution in [1.29, 1.82) is 0 Å². The van der Waals surface area contributed by atoms with Crippen LogP contribution in [0.2, 0.25) is 5.02 Å². The highest BCUT2D eigenvalue weighted by molar-refractivity contribution is 7.99. The summed E-state index contributed by atoms with van der Waals surface area (Å²) in [7, 11) is 1.59. The first-order valence-electron chi connectivity index (χ1n) is 10.4. The Kier molecular flexibility index (Phi) is 7.61. The Morgan fingerprint density at radius 2 is 1.82 bits per heavy atom. The minimum atomic E-state index is -0.261. The van der Waals surface area contributed by atoms with Crippen LogP contribution in [0.1, 0.15) is 11.1 Å². The number of benzene rings is 3. The molecular weight excluding hydrogens is 470 g/mol. The first kappa shape index (κ1) is 23.5. The Hall–Kier alpha value is -3.62. The number of para-hydroxylation sites is 1. The number of rotatable bonds is 8. The quantitative estimate of drug-likeness (QED) is 0.209. The van der Waals surface area contributed by atoms with Crippen LogP contribution in [0.25, 0.3) is 17.1 Å². The highest BCUT2D eigenvalue weighted by Crippen LogP contribution is 2.29. The van der Waals surface area contributed by atoms with Crippen LogP contribution in [0.4, 0.5) is 0 Å². The predicted molar refractivity (Wildman–Crippen MR) is 136 cm³/mol. The Morgan fingerprint density at radius 3 is 2.56 bits per heavy atom. The van der Waals surface area contributed by atoms with E-state index in [0.29, 0.717) is 21.8 Å². The second-order valence-electron chi connectivity index (χ2n) is 7.31. The summed E-state index contributed by atoms with van der Waals surface area (Å²) in [6, 6.07) is 22.9. The zero-order valence-electron chi connectivity index (χ0n) is 18.6. The number of carbonyl (C=O) groups excluding carboxylic acids is 1. The second kappa shape index (κ2) is 11.0. The molecule has 0 aliphatic rings. The van der Waals surface area contributed by atoms with E-state index in [9.17, 15) is 4.79 Å². The summed E-state index contributed by atoms with van der Waals surface area (Å²) in [6.45, 7) is 2.03. The average Bonchev–Trinajstić information content (AvgIpc) is 3.28. The SMILES string of the molecule is COc1ccccc1/C=N\NC(=O)CSc1nnc(-c2ccc(Cl)cc2)n1-c1ccc(C)cc1. The monoisotopic (exact) mass is 491 g/mol. The first-order valence-corrected chi connectivity index (χ1v) is 11.8. The number of nitrogens with one attached hydrogen (secondary N) is 1. The third-order valence-electron chi connectivity index (χ3n) is 4.89. The van der Waals surface area contributed by atoms with Crippen LogP contribution >= 0.6 is 23.4 Å². The molecule has 34 heavy (non-hydrogen) atoms. The molecular formula is C25H22ClN5O2S. The molecule has 4 rings (SSSR count). The number of aryl methyl sites for hydroxylation is 1. The van der Waals surface area contributed by atoms with Crippen molar-refractivity contribution in [3.8, 4) is 22.8 Å². The summed E-state index contributed by atoms with van der Waals surface area (Å²) in [5.41, 5.74) is 6.23. The fourth-order valence-electron chi connectivity index (χ4n) is 3.19. The van der Waals surface area contributed by atoms with Crippen LogP contribution in [0.15, 0.2) is 83.1 Å². The number of amides is 1. The number of ether oxygens (including phenoxy) is 1. The van der Waals surface area contributed by atoms with E-state index in [1.807, 2.05) is 84.3 Å². The molecule has 0 saturated heterocycles. The molecule has 0 spiro atoms. The van der Waals surface area contributed by atoms with Crippen LogP contribution in [-0.4, -0.2) is 39.7 Å². The van der Waals surface area contributed by atoms with E-state index < -0.39 is 0 Å². The summed E-state index contributed by atoms with van der Waals surface area (Å²) in [5, 5.41) is 14.0. The molecule has 0 aliphatic carbocycles. The average molecular weight is 492 g/mol. The number of halogens is 1. The third-order valence-corrected chi connectivity index (χ3v) is 6.07. The van der Waals surface area contributed by atoms with Gasteiger partial charge in [0.25, 0.3) is 5.91 Å². The standard InChI is InChI=1S/C25H22ClN5O2S/c1-17-7-13-21(14-8-17)31-24(18-9-11-20(26)12-10-18)29-30-25(31)34-16-23(32)28-27-15-19-5-3-4-6-22(19)33-2/h3-15H,16H2,1-2H3,(H,28,32)/b27-15-. The Labute approximate surface area is 206 Å². The Bertz CT molecular complexity index is 1300. The predicted octanol–water partition coefficient (Wildman–Crippen LogP) is 5.15. The maximum Gasteiger partial charge on any atom is 0.250 e. The molecule has 0 fully saturated rings. The fourth-order valence-corrected chi connectivity index (χ4v) is 4.06. The topological polar surface area (TPSA) is 81.4 Å². The third kappa shape index (κ3) is 5.65. The molecule has 1 amide bonds. The fraction of sp³-hybridized carbons (Fsp3) is 0.120. The summed E-state index contributed by atoms with van der Waals surface area (Å²) in [5.74, 6) is 1.20. The van der Waals surface area contributed by atoms with Crippen molar-refractivity contribution in [2.24, 2.45) is 5.10 Å². The molecule has 1 N–H and O–H groups in total. The van der Waals surface area contributed by atoms with Gasteiger partial charge in [0.1, 0.15) is 5.75 Å². The van der Waals surface area contributed by atoms with Gasteiger partial charge in [-0.15, -0.1) is 10.2 Å². The molecule has 0 bridgehead atoms. The highest BCUT2D eigenvalue weighted by atomic mass is 35.5. The molecule has 9 heteroatoms. The van der Waals surface area contributed by atoms with Crippen molar-refractivity contribution < 1.29 is 9.53 Å². The number of carbonyl (C=O) groups is 1. The molecule has 3 aromatic carbocycles.